The number of carbonyl (C=O) groups is 1. The topological polar surface area (TPSA) is 52.3 Å². The highest BCUT2D eigenvalue weighted by Gasteiger charge is 2.14. The molecule has 6 heteroatoms. The highest BCUT2D eigenvalue weighted by atomic mass is 35.5. The monoisotopic (exact) mass is 223 g/mol. The Bertz CT molecular complexity index is 357. The summed E-state index contributed by atoms with van der Waals surface area (Å²) in [5.74, 6) is -2.68. The minimum absolute atomic E-state index is 0. The smallest absolute Gasteiger partial charge is 0.340 e. The van der Waals surface area contributed by atoms with Crippen LogP contribution < -0.4 is 5.73 Å². The number of hydrogen-bond donors (Lipinski definition) is 1. The number of ether oxygens (including phenoxy) is 1. The Morgan fingerprint density at radius 2 is 1.93 bits per heavy atom. The fourth-order valence-corrected chi connectivity index (χ4v) is 0.829. The van der Waals surface area contributed by atoms with Gasteiger partial charge in [-0.15, -0.1) is 12.4 Å². The number of nitrogens with two attached hydrogens (primary N) is 1. The number of methoxy groups -OCH3 is 1. The van der Waals surface area contributed by atoms with E-state index in [0.717, 1.165) is 13.2 Å². The molecule has 0 aliphatic rings. The average molecular weight is 224 g/mol. The number of carbonyl (C=O) groups excluding carboxylic acids is 1. The largest absolute Gasteiger partial charge is 0.465 e. The lowest BCUT2D eigenvalue weighted by Crippen LogP contribution is -2.06. The maximum absolute atomic E-state index is 12.9. The van der Waals surface area contributed by atoms with Gasteiger partial charge in [-0.05, 0) is 6.07 Å². The predicted octanol–water partition coefficient (Wildman–Crippen LogP) is 1.76. The standard InChI is InChI=1S/C8H7F2NO2.ClH/c1-13-8(12)4-2-6(10)7(11)3-5(4)9;/h2-3H,11H2,1H3;1H. The van der Waals surface area contributed by atoms with Gasteiger partial charge in [0.25, 0.3) is 0 Å². The van der Waals surface area contributed by atoms with Crippen molar-refractivity contribution >= 4 is 24.1 Å². The molecule has 1 aromatic carbocycles. The zero-order chi connectivity index (χ0) is 10.0. The predicted molar refractivity (Wildman–Crippen MR) is 49.4 cm³/mol. The molecule has 0 bridgehead atoms. The molecule has 0 heterocycles. The van der Waals surface area contributed by atoms with Crippen LogP contribution in [0, 0.1) is 11.6 Å². The Balaban J connectivity index is 0.00000169. The van der Waals surface area contributed by atoms with Crippen LogP contribution in [-0.4, -0.2) is 13.1 Å². The van der Waals surface area contributed by atoms with Crippen molar-refractivity contribution in [1.82, 2.24) is 0 Å². The van der Waals surface area contributed by atoms with E-state index < -0.39 is 23.2 Å². The summed E-state index contributed by atoms with van der Waals surface area (Å²) < 4.78 is 29.9. The second-order valence-electron chi connectivity index (χ2n) is 2.35. The Kier molecular flexibility index (Phi) is 4.30. The molecule has 0 fully saturated rings. The van der Waals surface area contributed by atoms with Crippen LogP contribution in [0.2, 0.25) is 0 Å². The van der Waals surface area contributed by atoms with Gasteiger partial charge in [0, 0.05) is 6.07 Å². The summed E-state index contributed by atoms with van der Waals surface area (Å²) in [6.45, 7) is 0. The van der Waals surface area contributed by atoms with E-state index in [1.54, 1.807) is 0 Å². The van der Waals surface area contributed by atoms with E-state index in [4.69, 9.17) is 5.73 Å². The van der Waals surface area contributed by atoms with Crippen molar-refractivity contribution in [1.29, 1.82) is 0 Å². The highest BCUT2D eigenvalue weighted by Crippen LogP contribution is 2.16. The summed E-state index contributed by atoms with van der Waals surface area (Å²) in [4.78, 5) is 10.8. The molecule has 0 aliphatic carbocycles. The molecule has 0 saturated carbocycles. The van der Waals surface area contributed by atoms with Gasteiger partial charge in [-0.3, -0.25) is 0 Å². The molecule has 0 aromatic heterocycles. The minimum Gasteiger partial charge on any atom is -0.465 e. The lowest BCUT2D eigenvalue weighted by Gasteiger charge is -2.02. The molecule has 0 atom stereocenters. The van der Waals surface area contributed by atoms with Crippen LogP contribution in [0.15, 0.2) is 12.1 Å². The van der Waals surface area contributed by atoms with Crippen LogP contribution in [0.3, 0.4) is 0 Å². The van der Waals surface area contributed by atoms with Crippen LogP contribution in [0.4, 0.5) is 14.5 Å². The third-order valence-electron chi connectivity index (χ3n) is 1.49. The van der Waals surface area contributed by atoms with Crippen LogP contribution in [0.25, 0.3) is 0 Å². The molecule has 1 rings (SSSR count). The number of benzene rings is 1. The summed E-state index contributed by atoms with van der Waals surface area (Å²) >= 11 is 0. The van der Waals surface area contributed by atoms with Crippen molar-refractivity contribution in [2.24, 2.45) is 0 Å². The molecular formula is C8H8ClF2NO2. The van der Waals surface area contributed by atoms with Crippen molar-refractivity contribution < 1.29 is 18.3 Å². The maximum Gasteiger partial charge on any atom is 0.340 e. The fourth-order valence-electron chi connectivity index (χ4n) is 0.829. The maximum atomic E-state index is 12.9. The summed E-state index contributed by atoms with van der Waals surface area (Å²) in [5.41, 5.74) is 4.26. The lowest BCUT2D eigenvalue weighted by molar-refractivity contribution is 0.0595. The molecular weight excluding hydrogens is 216 g/mol. The number of nitrogen functional groups attached to an aromatic ring is 1. The van der Waals surface area contributed by atoms with Crippen LogP contribution >= 0.6 is 12.4 Å². The van der Waals surface area contributed by atoms with Gasteiger partial charge < -0.3 is 10.5 Å². The Morgan fingerprint density at radius 1 is 1.36 bits per heavy atom. The van der Waals surface area contributed by atoms with Gasteiger partial charge in [0.2, 0.25) is 0 Å². The Hall–Kier alpha value is -1.36. The first kappa shape index (κ1) is 12.6. The zero-order valence-corrected chi connectivity index (χ0v) is 8.03. The second-order valence-corrected chi connectivity index (χ2v) is 2.35. The molecule has 0 aliphatic heterocycles. The number of halogens is 3. The third-order valence-corrected chi connectivity index (χ3v) is 1.49. The molecule has 0 unspecified atom stereocenters. The third kappa shape index (κ3) is 2.32. The minimum atomic E-state index is -0.934. The van der Waals surface area contributed by atoms with Crippen molar-refractivity contribution in [3.8, 4) is 0 Å². The molecule has 2 N–H and O–H groups in total. The van der Waals surface area contributed by atoms with Crippen molar-refractivity contribution in [3.05, 3.63) is 29.3 Å². The number of esters is 1. The van der Waals surface area contributed by atoms with Crippen LogP contribution in [-0.2, 0) is 4.74 Å². The number of rotatable bonds is 1. The Labute approximate surface area is 85.3 Å². The first-order valence-electron chi connectivity index (χ1n) is 3.39. The molecule has 3 nitrogen and oxygen atoms in total. The van der Waals surface area contributed by atoms with Crippen LogP contribution in [0.5, 0.6) is 0 Å². The van der Waals surface area contributed by atoms with Gasteiger partial charge in [0.15, 0.2) is 0 Å². The normalized spacial score (nSPS) is 9.07. The van der Waals surface area contributed by atoms with E-state index in [9.17, 15) is 13.6 Å². The van der Waals surface area contributed by atoms with Gasteiger partial charge in [0.1, 0.15) is 11.6 Å². The van der Waals surface area contributed by atoms with Gasteiger partial charge in [-0.25, -0.2) is 13.6 Å². The van der Waals surface area contributed by atoms with E-state index in [1.165, 1.54) is 0 Å². The average Bonchev–Trinajstić information content (AvgIpc) is 2.10. The van der Waals surface area contributed by atoms with Crippen molar-refractivity contribution in [3.63, 3.8) is 0 Å². The van der Waals surface area contributed by atoms with Crippen molar-refractivity contribution in [2.75, 3.05) is 12.8 Å². The molecule has 0 saturated heterocycles. The van der Waals surface area contributed by atoms with E-state index in [1.807, 2.05) is 0 Å². The molecule has 0 amide bonds. The molecule has 1 aromatic rings. The second kappa shape index (κ2) is 4.76. The summed E-state index contributed by atoms with van der Waals surface area (Å²) in [6, 6.07) is 1.44. The SMILES string of the molecule is COC(=O)c1cc(F)c(N)cc1F.Cl. The van der Waals surface area contributed by atoms with Gasteiger partial charge >= 0.3 is 5.97 Å². The van der Waals surface area contributed by atoms with E-state index >= 15 is 0 Å². The van der Waals surface area contributed by atoms with Gasteiger partial charge in [0.05, 0.1) is 18.4 Å². The van der Waals surface area contributed by atoms with Gasteiger partial charge in [-0.2, -0.15) is 0 Å². The number of hydrogen-bond acceptors (Lipinski definition) is 3. The molecule has 14 heavy (non-hydrogen) atoms. The first-order valence-corrected chi connectivity index (χ1v) is 3.39. The zero-order valence-electron chi connectivity index (χ0n) is 7.21. The highest BCUT2D eigenvalue weighted by molar-refractivity contribution is 5.90. The fraction of sp³-hybridized carbons (Fsp3) is 0.125. The Morgan fingerprint density at radius 3 is 2.43 bits per heavy atom. The quantitative estimate of drug-likeness (QED) is 0.583. The van der Waals surface area contributed by atoms with E-state index in [-0.39, 0.29) is 18.1 Å². The van der Waals surface area contributed by atoms with Crippen molar-refractivity contribution in [2.45, 2.75) is 0 Å². The molecule has 0 radical (unpaired) electrons. The van der Waals surface area contributed by atoms with E-state index in [2.05, 4.69) is 4.74 Å². The first-order chi connectivity index (χ1) is 6.06. The molecule has 78 valence electrons. The number of anilines is 1. The molecule has 0 spiro atoms. The van der Waals surface area contributed by atoms with Gasteiger partial charge in [-0.1, -0.05) is 0 Å². The lowest BCUT2D eigenvalue weighted by atomic mass is 10.2. The summed E-state index contributed by atoms with van der Waals surface area (Å²) in [5, 5.41) is 0. The summed E-state index contributed by atoms with van der Waals surface area (Å²) in [6.07, 6.45) is 0. The summed E-state index contributed by atoms with van der Waals surface area (Å²) in [7, 11) is 1.08. The van der Waals surface area contributed by atoms with Crippen LogP contribution in [0.1, 0.15) is 10.4 Å². The van der Waals surface area contributed by atoms with E-state index in [0.29, 0.717) is 6.07 Å².